The predicted octanol–water partition coefficient (Wildman–Crippen LogP) is 2.58. The molecule has 1 aromatic carbocycles. The third-order valence-corrected chi connectivity index (χ3v) is 3.10. The van der Waals surface area contributed by atoms with Crippen molar-refractivity contribution in [3.8, 4) is 11.6 Å². The van der Waals surface area contributed by atoms with E-state index in [1.165, 1.54) is 0 Å². The number of aromatic nitrogens is 2. The minimum absolute atomic E-state index is 0.00378. The first-order chi connectivity index (χ1) is 10.3. The number of methoxy groups -OCH3 is 1. The minimum Gasteiger partial charge on any atom is -0.494 e. The van der Waals surface area contributed by atoms with Crippen LogP contribution in [0.4, 0.5) is 0 Å². The zero-order valence-corrected chi connectivity index (χ0v) is 12.7. The highest BCUT2D eigenvalue weighted by Crippen LogP contribution is 2.23. The summed E-state index contributed by atoms with van der Waals surface area (Å²) < 4.78 is 10.5. The number of benzene rings is 1. The van der Waals surface area contributed by atoms with E-state index in [4.69, 9.17) is 9.47 Å². The van der Waals surface area contributed by atoms with Gasteiger partial charge in [0.2, 0.25) is 5.88 Å². The Bertz CT molecular complexity index is 540. The fourth-order valence-corrected chi connectivity index (χ4v) is 2.11. The summed E-state index contributed by atoms with van der Waals surface area (Å²) in [5, 5.41) is 11.7. The molecule has 21 heavy (non-hydrogen) atoms. The van der Waals surface area contributed by atoms with Gasteiger partial charge in [-0.2, -0.15) is 0 Å². The molecule has 0 saturated heterocycles. The molecule has 2 rings (SSSR count). The molecule has 0 aliphatic carbocycles. The molecule has 0 aliphatic heterocycles. The predicted molar refractivity (Wildman–Crippen MR) is 81.7 cm³/mol. The van der Waals surface area contributed by atoms with E-state index in [1.807, 2.05) is 43.3 Å². The van der Waals surface area contributed by atoms with E-state index in [0.717, 1.165) is 23.6 Å². The summed E-state index contributed by atoms with van der Waals surface area (Å²) in [6.45, 7) is 5.55. The summed E-state index contributed by atoms with van der Waals surface area (Å²) in [7, 11) is 1.58. The number of hydrogen-bond donors (Lipinski definition) is 1. The van der Waals surface area contributed by atoms with Crippen LogP contribution < -0.4 is 14.8 Å². The molecular weight excluding hydrogens is 266 g/mol. The van der Waals surface area contributed by atoms with Gasteiger partial charge < -0.3 is 14.8 Å². The van der Waals surface area contributed by atoms with E-state index in [2.05, 4.69) is 22.4 Å². The summed E-state index contributed by atoms with van der Waals surface area (Å²) in [4.78, 5) is 0. The standard InChI is InChI=1S/C16H21N3O2/c1-4-17-16(14-10-11-15(20-3)19-18-14)12-6-8-13(9-7-12)21-5-2/h6-11,16-17H,4-5H2,1-3H3. The van der Waals surface area contributed by atoms with Crippen molar-refractivity contribution in [1.29, 1.82) is 0 Å². The summed E-state index contributed by atoms with van der Waals surface area (Å²) in [5.41, 5.74) is 1.99. The van der Waals surface area contributed by atoms with Crippen molar-refractivity contribution in [2.24, 2.45) is 0 Å². The summed E-state index contributed by atoms with van der Waals surface area (Å²) in [5.74, 6) is 1.39. The highest BCUT2D eigenvalue weighted by molar-refractivity contribution is 5.33. The van der Waals surface area contributed by atoms with Crippen molar-refractivity contribution >= 4 is 0 Å². The lowest BCUT2D eigenvalue weighted by molar-refractivity contribution is 0.340. The molecule has 2 aromatic rings. The highest BCUT2D eigenvalue weighted by atomic mass is 16.5. The summed E-state index contributed by atoms with van der Waals surface area (Å²) >= 11 is 0. The van der Waals surface area contributed by atoms with Gasteiger partial charge in [0.15, 0.2) is 0 Å². The smallest absolute Gasteiger partial charge is 0.233 e. The lowest BCUT2D eigenvalue weighted by Crippen LogP contribution is -2.23. The van der Waals surface area contributed by atoms with Gasteiger partial charge in [-0.1, -0.05) is 19.1 Å². The third kappa shape index (κ3) is 3.92. The molecule has 1 heterocycles. The average molecular weight is 287 g/mol. The molecule has 1 N–H and O–H groups in total. The molecule has 0 spiro atoms. The maximum absolute atomic E-state index is 5.47. The summed E-state index contributed by atoms with van der Waals surface area (Å²) in [6, 6.07) is 11.8. The van der Waals surface area contributed by atoms with Crippen LogP contribution in [0.2, 0.25) is 0 Å². The molecule has 0 bridgehead atoms. The van der Waals surface area contributed by atoms with Crippen LogP contribution in [0.25, 0.3) is 0 Å². The van der Waals surface area contributed by atoms with Gasteiger partial charge in [-0.05, 0) is 37.2 Å². The maximum Gasteiger partial charge on any atom is 0.233 e. The van der Waals surface area contributed by atoms with Crippen LogP contribution >= 0.6 is 0 Å². The van der Waals surface area contributed by atoms with Crippen molar-refractivity contribution in [3.63, 3.8) is 0 Å². The van der Waals surface area contributed by atoms with Gasteiger partial charge in [0.25, 0.3) is 0 Å². The van der Waals surface area contributed by atoms with Crippen molar-refractivity contribution in [1.82, 2.24) is 15.5 Å². The Morgan fingerprint density at radius 3 is 2.33 bits per heavy atom. The van der Waals surface area contributed by atoms with Crippen LogP contribution in [0.15, 0.2) is 36.4 Å². The average Bonchev–Trinajstić information content (AvgIpc) is 2.54. The molecule has 112 valence electrons. The van der Waals surface area contributed by atoms with Gasteiger partial charge in [-0.3, -0.25) is 0 Å². The van der Waals surface area contributed by atoms with Crippen molar-refractivity contribution in [2.75, 3.05) is 20.3 Å². The molecule has 1 unspecified atom stereocenters. The van der Waals surface area contributed by atoms with Gasteiger partial charge >= 0.3 is 0 Å². The first-order valence-electron chi connectivity index (χ1n) is 7.12. The monoisotopic (exact) mass is 287 g/mol. The molecule has 0 saturated carbocycles. The fourth-order valence-electron chi connectivity index (χ4n) is 2.11. The molecule has 0 radical (unpaired) electrons. The normalized spacial score (nSPS) is 12.0. The molecule has 0 aliphatic rings. The number of nitrogens with one attached hydrogen (secondary N) is 1. The third-order valence-electron chi connectivity index (χ3n) is 3.10. The Morgan fingerprint density at radius 2 is 1.81 bits per heavy atom. The van der Waals surface area contributed by atoms with Crippen LogP contribution in [0.3, 0.4) is 0 Å². The van der Waals surface area contributed by atoms with Crippen LogP contribution in [0, 0.1) is 0 Å². The van der Waals surface area contributed by atoms with E-state index >= 15 is 0 Å². The Balaban J connectivity index is 2.24. The Labute approximate surface area is 125 Å². The van der Waals surface area contributed by atoms with Gasteiger partial charge in [0.1, 0.15) is 5.75 Å². The van der Waals surface area contributed by atoms with Gasteiger partial charge in [-0.15, -0.1) is 10.2 Å². The van der Waals surface area contributed by atoms with E-state index < -0.39 is 0 Å². The zero-order valence-electron chi connectivity index (χ0n) is 12.7. The Hall–Kier alpha value is -2.14. The van der Waals surface area contributed by atoms with Crippen LogP contribution in [0.5, 0.6) is 11.6 Å². The van der Waals surface area contributed by atoms with Crippen LogP contribution in [0.1, 0.15) is 31.1 Å². The quantitative estimate of drug-likeness (QED) is 0.848. The molecule has 5 nitrogen and oxygen atoms in total. The van der Waals surface area contributed by atoms with Gasteiger partial charge in [0.05, 0.1) is 25.5 Å². The lowest BCUT2D eigenvalue weighted by Gasteiger charge is -2.18. The maximum atomic E-state index is 5.47. The van der Waals surface area contributed by atoms with E-state index in [9.17, 15) is 0 Å². The molecule has 0 amide bonds. The highest BCUT2D eigenvalue weighted by Gasteiger charge is 2.15. The van der Waals surface area contributed by atoms with Crippen LogP contribution in [-0.2, 0) is 0 Å². The molecule has 5 heteroatoms. The minimum atomic E-state index is 0.00378. The fraction of sp³-hybridized carbons (Fsp3) is 0.375. The van der Waals surface area contributed by atoms with Crippen LogP contribution in [-0.4, -0.2) is 30.5 Å². The summed E-state index contributed by atoms with van der Waals surface area (Å²) in [6.07, 6.45) is 0. The number of nitrogens with zero attached hydrogens (tertiary/aromatic N) is 2. The number of hydrogen-bond acceptors (Lipinski definition) is 5. The molecule has 1 aromatic heterocycles. The van der Waals surface area contributed by atoms with E-state index in [-0.39, 0.29) is 6.04 Å². The molecule has 0 fully saturated rings. The number of rotatable bonds is 7. The second-order valence-electron chi connectivity index (χ2n) is 4.49. The van der Waals surface area contributed by atoms with Crippen molar-refractivity contribution < 1.29 is 9.47 Å². The second-order valence-corrected chi connectivity index (χ2v) is 4.49. The van der Waals surface area contributed by atoms with E-state index in [0.29, 0.717) is 12.5 Å². The largest absolute Gasteiger partial charge is 0.494 e. The first-order valence-corrected chi connectivity index (χ1v) is 7.12. The molecule has 1 atom stereocenters. The lowest BCUT2D eigenvalue weighted by atomic mass is 10.0. The van der Waals surface area contributed by atoms with E-state index in [1.54, 1.807) is 7.11 Å². The Kier molecular flexibility index (Phi) is 5.51. The van der Waals surface area contributed by atoms with Crippen molar-refractivity contribution in [2.45, 2.75) is 19.9 Å². The van der Waals surface area contributed by atoms with Crippen molar-refractivity contribution in [3.05, 3.63) is 47.7 Å². The second kappa shape index (κ2) is 7.59. The zero-order chi connectivity index (χ0) is 15.1. The Morgan fingerprint density at radius 1 is 1.05 bits per heavy atom. The van der Waals surface area contributed by atoms with Gasteiger partial charge in [-0.25, -0.2) is 0 Å². The first kappa shape index (κ1) is 15.3. The number of ether oxygens (including phenoxy) is 2. The SMILES string of the molecule is CCNC(c1ccc(OCC)cc1)c1ccc(OC)nn1. The topological polar surface area (TPSA) is 56.3 Å². The van der Waals surface area contributed by atoms with Gasteiger partial charge in [0, 0.05) is 6.07 Å². The molecular formula is C16H21N3O2.